The minimum Gasteiger partial charge on any atom is -0.494 e. The van der Waals surface area contributed by atoms with Gasteiger partial charge in [-0.3, -0.25) is 0 Å². The van der Waals surface area contributed by atoms with Crippen molar-refractivity contribution in [1.82, 2.24) is 20.4 Å². The number of hydrogen-bond acceptors (Lipinski definition) is 5. The van der Waals surface area contributed by atoms with E-state index in [1.807, 2.05) is 56.0 Å². The quantitative estimate of drug-likeness (QED) is 0.546. The van der Waals surface area contributed by atoms with E-state index in [0.717, 1.165) is 28.1 Å². The number of halogens is 1. The van der Waals surface area contributed by atoms with Gasteiger partial charge in [-0.2, -0.15) is 4.98 Å². The van der Waals surface area contributed by atoms with Crippen molar-refractivity contribution in [2.24, 2.45) is 0 Å². The molecule has 6 nitrogen and oxygen atoms in total. The lowest BCUT2D eigenvalue weighted by Gasteiger charge is -2.36. The van der Waals surface area contributed by atoms with Gasteiger partial charge < -0.3 is 19.5 Å². The largest absolute Gasteiger partial charge is 0.494 e. The third-order valence-corrected chi connectivity index (χ3v) is 5.51. The maximum Gasteiger partial charge on any atom is 0.258 e. The van der Waals surface area contributed by atoms with Crippen molar-refractivity contribution in [2.45, 2.75) is 26.8 Å². The fraction of sp³-hybridized carbons (Fsp3) is 0.261. The standard InChI is InChI=1S/C23H23FN4O2S/c1-4-28-14(3)19(20(25-23(28)31)16-7-6-8-17(24)13-16)22-26-21(27-30-22)15-9-11-18(12-10-15)29-5-2/h6-13,20H,4-5H2,1-3H3,(H,25,31). The van der Waals surface area contributed by atoms with E-state index in [1.54, 1.807) is 6.07 Å². The fourth-order valence-electron chi connectivity index (χ4n) is 3.69. The maximum atomic E-state index is 14.0. The molecule has 8 heteroatoms. The Labute approximate surface area is 185 Å². The van der Waals surface area contributed by atoms with Crippen LogP contribution < -0.4 is 10.1 Å². The molecule has 0 bridgehead atoms. The fourth-order valence-corrected chi connectivity index (χ4v) is 4.08. The summed E-state index contributed by atoms with van der Waals surface area (Å²) in [6.07, 6.45) is 0. The average Bonchev–Trinajstić information content (AvgIpc) is 3.24. The second-order valence-corrected chi connectivity index (χ2v) is 7.45. The highest BCUT2D eigenvalue weighted by Gasteiger charge is 2.33. The van der Waals surface area contributed by atoms with Gasteiger partial charge >= 0.3 is 0 Å². The smallest absolute Gasteiger partial charge is 0.258 e. The monoisotopic (exact) mass is 438 g/mol. The predicted octanol–water partition coefficient (Wildman–Crippen LogP) is 4.96. The summed E-state index contributed by atoms with van der Waals surface area (Å²) in [6, 6.07) is 13.5. The number of benzene rings is 2. The third-order valence-electron chi connectivity index (χ3n) is 5.17. The van der Waals surface area contributed by atoms with Crippen molar-refractivity contribution in [3.05, 3.63) is 71.5 Å². The van der Waals surface area contributed by atoms with Crippen molar-refractivity contribution in [1.29, 1.82) is 0 Å². The Kier molecular flexibility index (Phi) is 5.99. The van der Waals surface area contributed by atoms with E-state index < -0.39 is 6.04 Å². The molecule has 1 N–H and O–H groups in total. The topological polar surface area (TPSA) is 63.4 Å². The molecule has 0 amide bonds. The molecule has 2 heterocycles. The van der Waals surface area contributed by atoms with Gasteiger partial charge in [0.05, 0.1) is 18.2 Å². The van der Waals surface area contributed by atoms with Crippen LogP contribution in [-0.4, -0.2) is 33.3 Å². The maximum absolute atomic E-state index is 14.0. The first-order chi connectivity index (χ1) is 15.0. The Hall–Kier alpha value is -3.26. The molecule has 0 fully saturated rings. The molecule has 0 saturated heterocycles. The van der Waals surface area contributed by atoms with Crippen LogP contribution in [0.25, 0.3) is 17.0 Å². The summed E-state index contributed by atoms with van der Waals surface area (Å²) in [4.78, 5) is 6.60. The summed E-state index contributed by atoms with van der Waals surface area (Å²) in [5, 5.41) is 8.05. The van der Waals surface area contributed by atoms with E-state index in [4.69, 9.17) is 21.5 Å². The van der Waals surface area contributed by atoms with Crippen LogP contribution in [0.2, 0.25) is 0 Å². The first kappa shape index (κ1) is 21.0. The summed E-state index contributed by atoms with van der Waals surface area (Å²) in [5.41, 5.74) is 3.20. The Morgan fingerprint density at radius 2 is 1.97 bits per heavy atom. The second kappa shape index (κ2) is 8.85. The van der Waals surface area contributed by atoms with Crippen LogP contribution in [0.1, 0.15) is 38.3 Å². The Morgan fingerprint density at radius 3 is 2.65 bits per heavy atom. The zero-order valence-corrected chi connectivity index (χ0v) is 18.4. The molecule has 2 aromatic carbocycles. The number of hydrogen-bond donors (Lipinski definition) is 1. The highest BCUT2D eigenvalue weighted by molar-refractivity contribution is 7.80. The van der Waals surface area contributed by atoms with Crippen LogP contribution in [0, 0.1) is 5.82 Å². The van der Waals surface area contributed by atoms with E-state index in [9.17, 15) is 4.39 Å². The lowest BCUT2D eigenvalue weighted by molar-refractivity contribution is 0.340. The van der Waals surface area contributed by atoms with Crippen molar-refractivity contribution < 1.29 is 13.7 Å². The van der Waals surface area contributed by atoms with Gasteiger partial charge in [-0.05, 0) is 75.0 Å². The Balaban J connectivity index is 1.75. The summed E-state index contributed by atoms with van der Waals surface area (Å²) in [6.45, 7) is 7.18. The molecule has 3 aromatic rings. The van der Waals surface area contributed by atoms with Gasteiger partial charge in [-0.15, -0.1) is 0 Å². The molecule has 1 unspecified atom stereocenters. The minimum absolute atomic E-state index is 0.319. The summed E-state index contributed by atoms with van der Waals surface area (Å²) in [7, 11) is 0. The zero-order valence-electron chi connectivity index (χ0n) is 17.6. The lowest BCUT2D eigenvalue weighted by atomic mass is 9.94. The molecular weight excluding hydrogens is 415 g/mol. The predicted molar refractivity (Wildman–Crippen MR) is 121 cm³/mol. The minimum atomic E-state index is -0.403. The van der Waals surface area contributed by atoms with Crippen LogP contribution in [-0.2, 0) is 0 Å². The average molecular weight is 439 g/mol. The third kappa shape index (κ3) is 4.16. The van der Waals surface area contributed by atoms with Gasteiger partial charge in [-0.1, -0.05) is 17.3 Å². The molecule has 1 atom stereocenters. The number of nitrogens with zero attached hydrogens (tertiary/aromatic N) is 3. The Morgan fingerprint density at radius 1 is 1.19 bits per heavy atom. The molecule has 1 aliphatic heterocycles. The van der Waals surface area contributed by atoms with Crippen LogP contribution in [0.5, 0.6) is 5.75 Å². The molecule has 31 heavy (non-hydrogen) atoms. The molecular formula is C23H23FN4O2S. The number of rotatable bonds is 6. The number of thiocarbonyl (C=S) groups is 1. The summed E-state index contributed by atoms with van der Waals surface area (Å²) in [5.74, 6) is 1.29. The van der Waals surface area contributed by atoms with Gasteiger partial charge in [0.15, 0.2) is 5.11 Å². The molecule has 1 aromatic heterocycles. The number of aromatic nitrogens is 2. The van der Waals surface area contributed by atoms with Gasteiger partial charge in [0.1, 0.15) is 11.6 Å². The van der Waals surface area contributed by atoms with E-state index in [0.29, 0.717) is 30.0 Å². The molecule has 0 spiro atoms. The number of nitrogens with one attached hydrogen (secondary N) is 1. The summed E-state index contributed by atoms with van der Waals surface area (Å²) < 4.78 is 25.1. The van der Waals surface area contributed by atoms with Gasteiger partial charge in [0.2, 0.25) is 5.82 Å². The van der Waals surface area contributed by atoms with Gasteiger partial charge in [0.25, 0.3) is 5.89 Å². The Bertz CT molecular complexity index is 1130. The first-order valence-electron chi connectivity index (χ1n) is 10.1. The molecule has 0 aliphatic carbocycles. The second-order valence-electron chi connectivity index (χ2n) is 7.06. The van der Waals surface area contributed by atoms with E-state index >= 15 is 0 Å². The molecule has 160 valence electrons. The lowest BCUT2D eigenvalue weighted by Crippen LogP contribution is -2.45. The van der Waals surface area contributed by atoms with Crippen LogP contribution in [0.3, 0.4) is 0 Å². The molecule has 1 aliphatic rings. The van der Waals surface area contributed by atoms with Gasteiger partial charge in [-0.25, -0.2) is 4.39 Å². The van der Waals surface area contributed by atoms with Crippen molar-refractivity contribution in [2.75, 3.05) is 13.2 Å². The normalized spacial score (nSPS) is 16.5. The van der Waals surface area contributed by atoms with E-state index in [-0.39, 0.29) is 5.82 Å². The number of allylic oxidation sites excluding steroid dienone is 1. The summed E-state index contributed by atoms with van der Waals surface area (Å²) >= 11 is 5.54. The molecule has 0 saturated carbocycles. The highest BCUT2D eigenvalue weighted by atomic mass is 32.1. The zero-order chi connectivity index (χ0) is 22.0. The van der Waals surface area contributed by atoms with Crippen LogP contribution >= 0.6 is 12.2 Å². The van der Waals surface area contributed by atoms with Crippen LogP contribution in [0.15, 0.2) is 58.8 Å². The van der Waals surface area contributed by atoms with Crippen molar-refractivity contribution in [3.63, 3.8) is 0 Å². The van der Waals surface area contributed by atoms with E-state index in [2.05, 4.69) is 15.5 Å². The SMILES string of the molecule is CCOc1ccc(-c2noc(C3=C(C)N(CC)C(=S)NC3c3cccc(F)c3)n2)cc1. The molecule has 4 rings (SSSR count). The molecule has 0 radical (unpaired) electrons. The van der Waals surface area contributed by atoms with Crippen LogP contribution in [0.4, 0.5) is 4.39 Å². The van der Waals surface area contributed by atoms with Crippen molar-refractivity contribution in [3.8, 4) is 17.1 Å². The highest BCUT2D eigenvalue weighted by Crippen LogP contribution is 2.37. The van der Waals surface area contributed by atoms with Gasteiger partial charge in [0, 0.05) is 17.8 Å². The van der Waals surface area contributed by atoms with E-state index in [1.165, 1.54) is 12.1 Å². The van der Waals surface area contributed by atoms with Crippen molar-refractivity contribution >= 4 is 22.9 Å². The first-order valence-corrected chi connectivity index (χ1v) is 10.5. The number of ether oxygens (including phenoxy) is 1.